The second-order valence-corrected chi connectivity index (χ2v) is 12.5. The first-order valence-electron chi connectivity index (χ1n) is 12.7. The minimum atomic E-state index is -3.06. The van der Waals surface area contributed by atoms with Crippen molar-refractivity contribution in [3.05, 3.63) is 70.7 Å². The number of halogens is 1. The lowest BCUT2D eigenvalue weighted by Crippen LogP contribution is -2.49. The molecule has 0 radical (unpaired) electrons. The summed E-state index contributed by atoms with van der Waals surface area (Å²) in [5, 5.41) is 20.9. The summed E-state index contributed by atoms with van der Waals surface area (Å²) in [7, 11) is -1.74. The summed E-state index contributed by atoms with van der Waals surface area (Å²) in [6, 6.07) is 9.25. The first kappa shape index (κ1) is 27.2. The maximum Gasteiger partial charge on any atom is 0.258 e. The third kappa shape index (κ3) is 5.27. The van der Waals surface area contributed by atoms with E-state index in [1.807, 2.05) is 0 Å². The lowest BCUT2D eigenvalue weighted by molar-refractivity contribution is 0.0642. The number of hydrogen-bond acceptors (Lipinski definition) is 8. The molecular weight excluding hydrogens is 526 g/mol. The number of nitrogens with zero attached hydrogens (tertiary/aromatic N) is 4. The highest BCUT2D eigenvalue weighted by Crippen LogP contribution is 2.44. The highest BCUT2D eigenvalue weighted by Gasteiger charge is 2.38. The summed E-state index contributed by atoms with van der Waals surface area (Å²) in [5.41, 5.74) is 1.79. The number of aliphatic hydroxyl groups is 1. The molecule has 0 spiro atoms. The van der Waals surface area contributed by atoms with Crippen LogP contribution >= 0.6 is 7.37 Å². The van der Waals surface area contributed by atoms with Crippen LogP contribution in [0, 0.1) is 5.82 Å². The summed E-state index contributed by atoms with van der Waals surface area (Å²) in [6.07, 6.45) is 1.22. The molecule has 3 heterocycles. The van der Waals surface area contributed by atoms with Crippen molar-refractivity contribution in [3.8, 4) is 5.75 Å². The Balaban J connectivity index is 1.40. The van der Waals surface area contributed by atoms with Crippen LogP contribution in [-0.2, 0) is 22.2 Å². The number of amides is 2. The topological polar surface area (TPSA) is 124 Å². The predicted molar refractivity (Wildman–Crippen MR) is 142 cm³/mol. The van der Waals surface area contributed by atoms with Gasteiger partial charge in [-0.05, 0) is 23.8 Å². The molecule has 1 saturated heterocycles. The van der Waals surface area contributed by atoms with Crippen molar-refractivity contribution >= 4 is 30.1 Å². The second-order valence-electron chi connectivity index (χ2n) is 9.76. The van der Waals surface area contributed by atoms with Gasteiger partial charge in [-0.2, -0.15) is 0 Å². The Kier molecular flexibility index (Phi) is 7.68. The molecule has 2 aliphatic rings. The summed E-state index contributed by atoms with van der Waals surface area (Å²) >= 11 is 0. The Morgan fingerprint density at radius 3 is 2.54 bits per heavy atom. The fourth-order valence-corrected chi connectivity index (χ4v) is 6.21. The largest absolute Gasteiger partial charge is 0.505 e. The maximum atomic E-state index is 13.9. The van der Waals surface area contributed by atoms with Crippen molar-refractivity contribution in [1.29, 1.82) is 0 Å². The number of hydrogen-bond donors (Lipinski definition) is 2. The number of benzene rings is 2. The summed E-state index contributed by atoms with van der Waals surface area (Å²) in [5.74, 6) is -1.29. The van der Waals surface area contributed by atoms with E-state index in [1.165, 1.54) is 30.3 Å². The van der Waals surface area contributed by atoms with Crippen LogP contribution in [0.4, 0.5) is 4.39 Å². The molecule has 10 nitrogen and oxygen atoms in total. The first-order chi connectivity index (χ1) is 18.7. The lowest BCUT2D eigenvalue weighted by Gasteiger charge is -2.35. The molecule has 2 aliphatic heterocycles. The summed E-state index contributed by atoms with van der Waals surface area (Å²) < 4.78 is 30.7. The van der Waals surface area contributed by atoms with Crippen molar-refractivity contribution in [2.24, 2.45) is 0 Å². The average molecular weight is 557 g/mol. The fourth-order valence-electron chi connectivity index (χ4n) is 5.18. The minimum absolute atomic E-state index is 0.0737. The van der Waals surface area contributed by atoms with Gasteiger partial charge in [-0.25, -0.2) is 4.39 Å². The van der Waals surface area contributed by atoms with Crippen molar-refractivity contribution in [1.82, 2.24) is 19.7 Å². The van der Waals surface area contributed by atoms with Gasteiger partial charge in [-0.1, -0.05) is 18.2 Å². The van der Waals surface area contributed by atoms with E-state index in [2.05, 4.69) is 9.88 Å². The molecule has 1 atom stereocenters. The van der Waals surface area contributed by atoms with Gasteiger partial charge in [0.15, 0.2) is 5.75 Å². The normalized spacial score (nSPS) is 17.5. The molecule has 1 unspecified atom stereocenters. The van der Waals surface area contributed by atoms with Gasteiger partial charge >= 0.3 is 0 Å². The van der Waals surface area contributed by atoms with Crippen LogP contribution in [0.25, 0.3) is 10.9 Å². The molecule has 1 aromatic heterocycles. The van der Waals surface area contributed by atoms with Crippen LogP contribution in [0.3, 0.4) is 0 Å². The molecule has 0 saturated carbocycles. The number of carbonyl (C=O) groups excluding carboxylic acids is 2. The van der Waals surface area contributed by atoms with Crippen LogP contribution in [0.15, 0.2) is 42.6 Å². The third-order valence-corrected chi connectivity index (χ3v) is 9.43. The van der Waals surface area contributed by atoms with Gasteiger partial charge in [-0.15, -0.1) is 0 Å². The molecule has 5 rings (SSSR count). The predicted octanol–water partition coefficient (Wildman–Crippen LogP) is 2.87. The number of carbonyl (C=O) groups is 2. The Morgan fingerprint density at radius 2 is 1.87 bits per heavy atom. The molecule has 2 amide bonds. The molecule has 12 heteroatoms. The van der Waals surface area contributed by atoms with E-state index in [4.69, 9.17) is 4.52 Å². The molecule has 0 bridgehead atoms. The van der Waals surface area contributed by atoms with Crippen molar-refractivity contribution in [2.45, 2.75) is 13.1 Å². The van der Waals surface area contributed by atoms with Crippen molar-refractivity contribution in [2.75, 3.05) is 52.3 Å². The van der Waals surface area contributed by atoms with Gasteiger partial charge in [0, 0.05) is 76.2 Å². The highest BCUT2D eigenvalue weighted by atomic mass is 31.2. The van der Waals surface area contributed by atoms with Crippen molar-refractivity contribution in [3.63, 3.8) is 0 Å². The van der Waals surface area contributed by atoms with E-state index in [0.717, 1.165) is 5.56 Å². The molecule has 3 aromatic rings. The fraction of sp³-hybridized carbons (Fsp3) is 0.370. The van der Waals surface area contributed by atoms with Gasteiger partial charge in [-0.3, -0.25) is 24.0 Å². The zero-order valence-electron chi connectivity index (χ0n) is 21.5. The Morgan fingerprint density at radius 1 is 1.15 bits per heavy atom. The number of aromatic hydroxyl groups is 1. The number of aliphatic hydroxyl groups excluding tert-OH is 1. The lowest BCUT2D eigenvalue weighted by atomic mass is 9.95. The average Bonchev–Trinajstić information content (AvgIpc) is 3.28. The number of fused-ring (bicyclic) bond motifs is 2. The quantitative estimate of drug-likeness (QED) is 0.406. The standard InChI is InChI=1S/C27H30FN4O6P/c1-38-39(37,17-33)14-13-30-9-11-31(12-10-30)26(35)22-20-3-2-8-29-24(20)25(34)23-21(22)16-32(27(23)36)15-18-4-6-19(28)7-5-18/h2-8,33-34H,9-17H2,1H3. The van der Waals surface area contributed by atoms with Gasteiger partial charge in [0.05, 0.1) is 11.1 Å². The summed E-state index contributed by atoms with van der Waals surface area (Å²) in [4.78, 5) is 36.9. The minimum Gasteiger partial charge on any atom is -0.505 e. The molecule has 2 N–H and O–H groups in total. The van der Waals surface area contributed by atoms with E-state index < -0.39 is 19.6 Å². The van der Waals surface area contributed by atoms with Crippen LogP contribution in [0.1, 0.15) is 31.8 Å². The van der Waals surface area contributed by atoms with Crippen LogP contribution in [0.5, 0.6) is 5.75 Å². The highest BCUT2D eigenvalue weighted by molar-refractivity contribution is 7.58. The molecule has 39 heavy (non-hydrogen) atoms. The molecule has 0 aliphatic carbocycles. The molecule has 2 aromatic carbocycles. The number of pyridine rings is 1. The smallest absolute Gasteiger partial charge is 0.258 e. The van der Waals surface area contributed by atoms with E-state index in [1.54, 1.807) is 29.2 Å². The number of phenols is 1. The Bertz CT molecular complexity index is 1450. The van der Waals surface area contributed by atoms with Gasteiger partial charge in [0.1, 0.15) is 17.7 Å². The van der Waals surface area contributed by atoms with Gasteiger partial charge in [0.2, 0.25) is 7.37 Å². The first-order valence-corrected chi connectivity index (χ1v) is 14.7. The van der Waals surface area contributed by atoms with E-state index in [-0.39, 0.29) is 47.8 Å². The second kappa shape index (κ2) is 11.0. The van der Waals surface area contributed by atoms with Crippen LogP contribution in [-0.4, -0.2) is 94.1 Å². The van der Waals surface area contributed by atoms with Crippen molar-refractivity contribution < 1.29 is 33.3 Å². The zero-order chi connectivity index (χ0) is 27.7. The Labute approximate surface area is 225 Å². The molecular formula is C27H30FN4O6P. The third-order valence-electron chi connectivity index (χ3n) is 7.46. The SMILES string of the molecule is COP(=O)(CO)CCN1CCN(C(=O)c2c3c(c(O)c4ncccc24)C(=O)N(Cc2ccc(F)cc2)C3)CC1. The molecule has 1 fully saturated rings. The number of piperazine rings is 1. The van der Waals surface area contributed by atoms with E-state index in [9.17, 15) is 28.8 Å². The Hall–Kier alpha value is -3.37. The van der Waals surface area contributed by atoms with Gasteiger partial charge in [0.25, 0.3) is 11.8 Å². The zero-order valence-corrected chi connectivity index (χ0v) is 22.4. The molecule has 206 valence electrons. The van der Waals surface area contributed by atoms with Crippen LogP contribution < -0.4 is 0 Å². The van der Waals surface area contributed by atoms with Crippen LogP contribution in [0.2, 0.25) is 0 Å². The van der Waals surface area contributed by atoms with Gasteiger partial charge < -0.3 is 24.5 Å². The van der Waals surface area contributed by atoms with E-state index in [0.29, 0.717) is 49.2 Å². The summed E-state index contributed by atoms with van der Waals surface area (Å²) in [6.45, 7) is 2.72. The monoisotopic (exact) mass is 556 g/mol. The van der Waals surface area contributed by atoms with E-state index >= 15 is 0 Å². The number of rotatable bonds is 8. The number of aromatic nitrogens is 1. The maximum absolute atomic E-state index is 13.9. The number of phenolic OH excluding ortho intramolecular Hbond substituents is 1.